The third-order valence-electron chi connectivity index (χ3n) is 2.10. The maximum Gasteiger partial charge on any atom is 0.168 e. The SMILES string of the molecule is Cc1nc(C=O)cc(-c2cccc(F)c2)n1. The van der Waals surface area contributed by atoms with Crippen molar-refractivity contribution in [2.75, 3.05) is 0 Å². The summed E-state index contributed by atoms with van der Waals surface area (Å²) in [6, 6.07) is 7.60. The van der Waals surface area contributed by atoms with Crippen molar-refractivity contribution in [3.05, 3.63) is 47.7 Å². The van der Waals surface area contributed by atoms with E-state index >= 15 is 0 Å². The smallest absolute Gasteiger partial charge is 0.168 e. The molecule has 0 amide bonds. The van der Waals surface area contributed by atoms with Gasteiger partial charge in [-0.1, -0.05) is 12.1 Å². The number of aromatic nitrogens is 2. The van der Waals surface area contributed by atoms with E-state index in [-0.39, 0.29) is 5.82 Å². The molecule has 4 heteroatoms. The van der Waals surface area contributed by atoms with E-state index in [1.807, 2.05) is 0 Å². The summed E-state index contributed by atoms with van der Waals surface area (Å²) in [4.78, 5) is 18.7. The standard InChI is InChI=1S/C12H9FN2O/c1-8-14-11(7-16)6-12(15-8)9-3-2-4-10(13)5-9/h2-7H,1H3. The maximum absolute atomic E-state index is 13.0. The summed E-state index contributed by atoms with van der Waals surface area (Å²) in [5.74, 6) is 0.158. The fourth-order valence-corrected chi connectivity index (χ4v) is 1.45. The monoisotopic (exact) mass is 216 g/mol. The molecule has 1 heterocycles. The molecule has 16 heavy (non-hydrogen) atoms. The van der Waals surface area contributed by atoms with Crippen LogP contribution < -0.4 is 0 Å². The van der Waals surface area contributed by atoms with Gasteiger partial charge >= 0.3 is 0 Å². The van der Waals surface area contributed by atoms with Crippen molar-refractivity contribution in [1.29, 1.82) is 0 Å². The van der Waals surface area contributed by atoms with Crippen molar-refractivity contribution < 1.29 is 9.18 Å². The van der Waals surface area contributed by atoms with Crippen molar-refractivity contribution in [2.24, 2.45) is 0 Å². The average molecular weight is 216 g/mol. The normalized spacial score (nSPS) is 10.1. The Morgan fingerprint density at radius 1 is 1.25 bits per heavy atom. The van der Waals surface area contributed by atoms with Crippen LogP contribution in [-0.4, -0.2) is 16.3 Å². The molecule has 0 aliphatic rings. The molecule has 0 saturated carbocycles. The van der Waals surface area contributed by atoms with E-state index < -0.39 is 0 Å². The Hall–Kier alpha value is -2.10. The summed E-state index contributed by atoms with van der Waals surface area (Å²) in [6.45, 7) is 1.69. The molecule has 0 fully saturated rings. The number of halogens is 1. The van der Waals surface area contributed by atoms with E-state index in [0.717, 1.165) is 0 Å². The van der Waals surface area contributed by atoms with Crippen molar-refractivity contribution in [3.8, 4) is 11.3 Å². The first-order chi connectivity index (χ1) is 7.69. The van der Waals surface area contributed by atoms with Crippen LogP contribution in [0.3, 0.4) is 0 Å². The molecule has 3 nitrogen and oxygen atoms in total. The highest BCUT2D eigenvalue weighted by atomic mass is 19.1. The highest BCUT2D eigenvalue weighted by Gasteiger charge is 2.04. The van der Waals surface area contributed by atoms with Gasteiger partial charge in [-0.05, 0) is 25.1 Å². The molecule has 0 unspecified atom stereocenters. The number of aryl methyl sites for hydroxylation is 1. The van der Waals surface area contributed by atoms with Crippen molar-refractivity contribution in [3.63, 3.8) is 0 Å². The molecular formula is C12H9FN2O. The van der Waals surface area contributed by atoms with Crippen LogP contribution >= 0.6 is 0 Å². The van der Waals surface area contributed by atoms with Gasteiger partial charge in [0, 0.05) is 5.56 Å². The van der Waals surface area contributed by atoms with Crippen LogP contribution in [0, 0.1) is 12.7 Å². The Morgan fingerprint density at radius 3 is 2.75 bits per heavy atom. The van der Waals surface area contributed by atoms with Gasteiger partial charge in [-0.2, -0.15) is 0 Å². The fraction of sp³-hybridized carbons (Fsp3) is 0.0833. The molecule has 0 saturated heterocycles. The minimum Gasteiger partial charge on any atom is -0.296 e. The summed E-state index contributed by atoms with van der Waals surface area (Å²) in [5, 5.41) is 0. The zero-order chi connectivity index (χ0) is 11.5. The van der Waals surface area contributed by atoms with Crippen LogP contribution in [-0.2, 0) is 0 Å². The number of carbonyl (C=O) groups excluding carboxylic acids is 1. The first-order valence-corrected chi connectivity index (χ1v) is 4.76. The van der Waals surface area contributed by atoms with Gasteiger partial charge in [-0.3, -0.25) is 4.79 Å². The molecule has 1 aromatic carbocycles. The number of carbonyl (C=O) groups is 1. The van der Waals surface area contributed by atoms with Crippen LogP contribution in [0.25, 0.3) is 11.3 Å². The fourth-order valence-electron chi connectivity index (χ4n) is 1.45. The van der Waals surface area contributed by atoms with Gasteiger partial charge in [0.05, 0.1) is 5.69 Å². The van der Waals surface area contributed by atoms with Crippen molar-refractivity contribution >= 4 is 6.29 Å². The number of hydrogen-bond acceptors (Lipinski definition) is 3. The topological polar surface area (TPSA) is 42.9 Å². The van der Waals surface area contributed by atoms with Gasteiger partial charge in [0.2, 0.25) is 0 Å². The maximum atomic E-state index is 13.0. The first kappa shape index (κ1) is 10.4. The predicted octanol–water partition coefficient (Wildman–Crippen LogP) is 2.40. The Kier molecular flexibility index (Phi) is 2.72. The Morgan fingerprint density at radius 2 is 2.06 bits per heavy atom. The molecule has 2 aromatic rings. The summed E-state index contributed by atoms with van der Waals surface area (Å²) >= 11 is 0. The van der Waals surface area contributed by atoms with Gasteiger partial charge in [-0.25, -0.2) is 14.4 Å². The molecule has 0 radical (unpaired) electrons. The third kappa shape index (κ3) is 2.11. The molecule has 0 aliphatic carbocycles. The van der Waals surface area contributed by atoms with Crippen LogP contribution in [0.1, 0.15) is 16.3 Å². The molecule has 0 N–H and O–H groups in total. The molecule has 2 rings (SSSR count). The van der Waals surface area contributed by atoms with Crippen LogP contribution in [0.2, 0.25) is 0 Å². The number of benzene rings is 1. The zero-order valence-corrected chi connectivity index (χ0v) is 8.64. The number of rotatable bonds is 2. The lowest BCUT2D eigenvalue weighted by Crippen LogP contribution is -1.96. The summed E-state index contributed by atoms with van der Waals surface area (Å²) in [6.07, 6.45) is 0.650. The quantitative estimate of drug-likeness (QED) is 0.724. The number of hydrogen-bond donors (Lipinski definition) is 0. The molecule has 0 atom stereocenters. The summed E-state index contributed by atoms with van der Waals surface area (Å²) in [7, 11) is 0. The van der Waals surface area contributed by atoms with Crippen LogP contribution in [0.15, 0.2) is 30.3 Å². The molecule has 0 aliphatic heterocycles. The van der Waals surface area contributed by atoms with Gasteiger partial charge in [0.15, 0.2) is 6.29 Å². The minimum atomic E-state index is -0.332. The second-order valence-corrected chi connectivity index (χ2v) is 3.35. The van der Waals surface area contributed by atoms with E-state index in [0.29, 0.717) is 29.1 Å². The summed E-state index contributed by atoms with van der Waals surface area (Å²) < 4.78 is 13.0. The molecule has 0 spiro atoms. The average Bonchev–Trinajstić information content (AvgIpc) is 2.28. The lowest BCUT2D eigenvalue weighted by Gasteiger charge is -2.02. The van der Waals surface area contributed by atoms with Crippen LogP contribution in [0.5, 0.6) is 0 Å². The number of aldehydes is 1. The largest absolute Gasteiger partial charge is 0.296 e. The Balaban J connectivity index is 2.55. The second kappa shape index (κ2) is 4.18. The molecule has 80 valence electrons. The highest BCUT2D eigenvalue weighted by Crippen LogP contribution is 2.18. The molecule has 1 aromatic heterocycles. The second-order valence-electron chi connectivity index (χ2n) is 3.35. The number of nitrogens with zero attached hydrogens (tertiary/aromatic N) is 2. The van der Waals surface area contributed by atoms with Crippen LogP contribution in [0.4, 0.5) is 4.39 Å². The molecule has 0 bridgehead atoms. The lowest BCUT2D eigenvalue weighted by molar-refractivity contribution is 0.111. The predicted molar refractivity (Wildman–Crippen MR) is 57.6 cm³/mol. The van der Waals surface area contributed by atoms with Gasteiger partial charge in [-0.15, -0.1) is 0 Å². The van der Waals surface area contributed by atoms with E-state index in [4.69, 9.17) is 0 Å². The van der Waals surface area contributed by atoms with Gasteiger partial charge in [0.1, 0.15) is 17.3 Å². The minimum absolute atomic E-state index is 0.298. The molecular weight excluding hydrogens is 207 g/mol. The van der Waals surface area contributed by atoms with E-state index in [1.165, 1.54) is 18.2 Å². The zero-order valence-electron chi connectivity index (χ0n) is 8.64. The summed E-state index contributed by atoms with van der Waals surface area (Å²) in [5.41, 5.74) is 1.48. The third-order valence-corrected chi connectivity index (χ3v) is 2.10. The van der Waals surface area contributed by atoms with E-state index in [1.54, 1.807) is 19.1 Å². The van der Waals surface area contributed by atoms with Gasteiger partial charge < -0.3 is 0 Å². The van der Waals surface area contributed by atoms with Crippen molar-refractivity contribution in [1.82, 2.24) is 9.97 Å². The Bertz CT molecular complexity index is 540. The van der Waals surface area contributed by atoms with E-state index in [2.05, 4.69) is 9.97 Å². The lowest BCUT2D eigenvalue weighted by atomic mass is 10.1. The van der Waals surface area contributed by atoms with Crippen molar-refractivity contribution in [2.45, 2.75) is 6.92 Å². The van der Waals surface area contributed by atoms with Gasteiger partial charge in [0.25, 0.3) is 0 Å². The van der Waals surface area contributed by atoms with E-state index in [9.17, 15) is 9.18 Å². The first-order valence-electron chi connectivity index (χ1n) is 4.76. The highest BCUT2D eigenvalue weighted by molar-refractivity contribution is 5.74. The Labute approximate surface area is 92.0 Å².